The molecule has 1 unspecified atom stereocenters. The molecule has 0 aliphatic heterocycles. The fourth-order valence-electron chi connectivity index (χ4n) is 3.81. The lowest BCUT2D eigenvalue weighted by Gasteiger charge is -2.21. The average molecular weight is 558 g/mol. The van der Waals surface area contributed by atoms with Crippen LogP contribution in [-0.4, -0.2) is 50.3 Å². The number of hydrogen-bond donors (Lipinski definition) is 1. The number of rotatable bonds is 8. The lowest BCUT2D eigenvalue weighted by atomic mass is 10.0. The summed E-state index contributed by atoms with van der Waals surface area (Å²) in [6.07, 6.45) is 4.62. The first kappa shape index (κ1) is 27.7. The van der Waals surface area contributed by atoms with Gasteiger partial charge >= 0.3 is 6.03 Å². The number of carbonyl (C=O) groups is 1. The van der Waals surface area contributed by atoms with Crippen molar-refractivity contribution in [1.82, 2.24) is 30.2 Å². The highest BCUT2D eigenvalue weighted by molar-refractivity contribution is 6.31. The van der Waals surface area contributed by atoms with Crippen molar-refractivity contribution < 1.29 is 22.8 Å². The highest BCUT2D eigenvalue weighted by Gasteiger charge is 2.22. The van der Waals surface area contributed by atoms with Crippen LogP contribution in [0.25, 0.3) is 16.8 Å². The van der Waals surface area contributed by atoms with Crippen LogP contribution < -0.4 is 10.1 Å². The van der Waals surface area contributed by atoms with Crippen molar-refractivity contribution in [3.05, 3.63) is 76.5 Å². The van der Waals surface area contributed by atoms with Crippen molar-refractivity contribution >= 4 is 23.3 Å². The topological polar surface area (TPSA) is 111 Å². The Bertz CT molecular complexity index is 1540. The molecule has 0 radical (unpaired) electrons. The van der Waals surface area contributed by atoms with Crippen LogP contribution in [0.5, 0.6) is 5.88 Å². The zero-order valence-corrected chi connectivity index (χ0v) is 22.6. The van der Waals surface area contributed by atoms with Gasteiger partial charge in [-0.1, -0.05) is 11.6 Å². The molecule has 39 heavy (non-hydrogen) atoms. The molecule has 3 heterocycles. The SMILES string of the molecule is CCN(N=C(C)c1cc(OC)no1)C(=O)NC(C)c1ncc(-c2cc(Cl)cc(F)c2-n2cc(C)cn2)cc1F. The van der Waals surface area contributed by atoms with Gasteiger partial charge in [0.2, 0.25) is 0 Å². The number of aryl methyl sites for hydroxylation is 1. The minimum absolute atomic E-state index is 0.0113. The molecular formula is C26H26ClF2N7O3. The smallest absolute Gasteiger partial charge is 0.338 e. The van der Waals surface area contributed by atoms with Crippen LogP contribution in [0.3, 0.4) is 0 Å². The fourth-order valence-corrected chi connectivity index (χ4v) is 4.02. The Hall–Kier alpha value is -4.32. The van der Waals surface area contributed by atoms with E-state index in [1.807, 2.05) is 6.92 Å². The Morgan fingerprint density at radius 1 is 1.26 bits per heavy atom. The van der Waals surface area contributed by atoms with E-state index < -0.39 is 23.7 Å². The molecule has 0 bridgehead atoms. The molecule has 0 saturated carbocycles. The summed E-state index contributed by atoms with van der Waals surface area (Å²) in [5.74, 6) is -0.709. The lowest BCUT2D eigenvalue weighted by Crippen LogP contribution is -2.39. The predicted molar refractivity (Wildman–Crippen MR) is 141 cm³/mol. The number of urea groups is 1. The van der Waals surface area contributed by atoms with Gasteiger partial charge in [0, 0.05) is 35.1 Å². The van der Waals surface area contributed by atoms with Gasteiger partial charge in [-0.15, -0.1) is 0 Å². The minimum atomic E-state index is -0.814. The summed E-state index contributed by atoms with van der Waals surface area (Å²) in [5, 5.41) is 16.2. The molecule has 204 valence electrons. The molecule has 0 aliphatic rings. The molecule has 2 amide bonds. The number of ether oxygens (including phenoxy) is 1. The molecule has 1 aromatic carbocycles. The van der Waals surface area contributed by atoms with Gasteiger partial charge in [0.05, 0.1) is 31.1 Å². The number of halogens is 3. The number of nitrogens with zero attached hydrogens (tertiary/aromatic N) is 6. The van der Waals surface area contributed by atoms with Gasteiger partial charge in [-0.3, -0.25) is 4.98 Å². The standard InChI is InChI=1S/C26H26ClF2N7O3/c1-6-35(33-15(3)22-10-23(38-5)34-39-22)26(37)32-16(4)24-20(28)7-17(12-30-24)19-8-18(27)9-21(29)25(19)36-13-14(2)11-31-36/h7-13,16H,6H2,1-5H3,(H,32,37). The minimum Gasteiger partial charge on any atom is -0.479 e. The molecule has 0 fully saturated rings. The summed E-state index contributed by atoms with van der Waals surface area (Å²) in [4.78, 5) is 17.1. The summed E-state index contributed by atoms with van der Waals surface area (Å²) in [5.41, 5.74) is 1.91. The third kappa shape index (κ3) is 6.06. The summed E-state index contributed by atoms with van der Waals surface area (Å²) in [7, 11) is 1.45. The van der Waals surface area contributed by atoms with Crippen molar-refractivity contribution in [2.24, 2.45) is 5.10 Å². The molecule has 10 nitrogen and oxygen atoms in total. The van der Waals surface area contributed by atoms with E-state index in [0.717, 1.165) is 11.6 Å². The zero-order valence-electron chi connectivity index (χ0n) is 21.9. The number of aromatic nitrogens is 4. The van der Waals surface area contributed by atoms with E-state index in [-0.39, 0.29) is 34.4 Å². The number of pyridine rings is 1. The number of benzene rings is 1. The van der Waals surface area contributed by atoms with Crippen molar-refractivity contribution in [1.29, 1.82) is 0 Å². The van der Waals surface area contributed by atoms with Crippen LogP contribution in [0.15, 0.2) is 52.5 Å². The number of methoxy groups -OCH3 is 1. The van der Waals surface area contributed by atoms with Crippen molar-refractivity contribution in [3.8, 4) is 22.7 Å². The van der Waals surface area contributed by atoms with E-state index in [1.165, 1.54) is 35.1 Å². The first-order valence-electron chi connectivity index (χ1n) is 11.9. The highest BCUT2D eigenvalue weighted by Crippen LogP contribution is 2.33. The third-order valence-electron chi connectivity index (χ3n) is 5.76. The van der Waals surface area contributed by atoms with Crippen LogP contribution in [0.2, 0.25) is 5.02 Å². The molecule has 13 heteroatoms. The third-order valence-corrected chi connectivity index (χ3v) is 5.98. The second-order valence-corrected chi connectivity index (χ2v) is 9.08. The maximum Gasteiger partial charge on any atom is 0.338 e. The van der Waals surface area contributed by atoms with Crippen molar-refractivity contribution in [2.45, 2.75) is 33.7 Å². The van der Waals surface area contributed by atoms with Gasteiger partial charge < -0.3 is 14.6 Å². The Kier molecular flexibility index (Phi) is 8.24. The van der Waals surface area contributed by atoms with Gasteiger partial charge in [-0.2, -0.15) is 10.2 Å². The molecule has 0 saturated heterocycles. The number of amides is 2. The van der Waals surface area contributed by atoms with E-state index in [4.69, 9.17) is 20.9 Å². The summed E-state index contributed by atoms with van der Waals surface area (Å²) in [6, 6.07) is 4.05. The van der Waals surface area contributed by atoms with Crippen LogP contribution in [0, 0.1) is 18.6 Å². The molecule has 0 aliphatic carbocycles. The monoisotopic (exact) mass is 557 g/mol. The molecular weight excluding hydrogens is 532 g/mol. The average Bonchev–Trinajstić information content (AvgIpc) is 3.55. The summed E-state index contributed by atoms with van der Waals surface area (Å²) < 4.78 is 41.7. The first-order valence-corrected chi connectivity index (χ1v) is 12.3. The number of nitrogens with one attached hydrogen (secondary N) is 1. The van der Waals surface area contributed by atoms with Crippen LogP contribution in [0.4, 0.5) is 13.6 Å². The van der Waals surface area contributed by atoms with Gasteiger partial charge in [0.1, 0.15) is 17.2 Å². The maximum atomic E-state index is 15.3. The highest BCUT2D eigenvalue weighted by atomic mass is 35.5. The largest absolute Gasteiger partial charge is 0.479 e. The van der Waals surface area contributed by atoms with E-state index in [9.17, 15) is 9.18 Å². The first-order chi connectivity index (χ1) is 18.6. The number of carbonyl (C=O) groups excluding carboxylic acids is 1. The van der Waals surface area contributed by atoms with E-state index in [2.05, 4.69) is 25.7 Å². The Balaban J connectivity index is 1.57. The summed E-state index contributed by atoms with van der Waals surface area (Å²) in [6.45, 7) is 7.02. The zero-order chi connectivity index (χ0) is 28.3. The lowest BCUT2D eigenvalue weighted by molar-refractivity contribution is 0.199. The van der Waals surface area contributed by atoms with Gasteiger partial charge in [0.25, 0.3) is 5.88 Å². The van der Waals surface area contributed by atoms with Crippen molar-refractivity contribution in [3.63, 3.8) is 0 Å². The molecule has 1 atom stereocenters. The van der Waals surface area contributed by atoms with Crippen molar-refractivity contribution in [2.75, 3.05) is 13.7 Å². The molecule has 4 rings (SSSR count). The molecule has 1 N–H and O–H groups in total. The Labute approximate surface area is 228 Å². The maximum absolute atomic E-state index is 15.3. The second kappa shape index (κ2) is 11.6. The molecule has 0 spiro atoms. The second-order valence-electron chi connectivity index (χ2n) is 8.64. The van der Waals surface area contributed by atoms with Gasteiger partial charge in [-0.25, -0.2) is 23.3 Å². The van der Waals surface area contributed by atoms with E-state index in [0.29, 0.717) is 17.0 Å². The summed E-state index contributed by atoms with van der Waals surface area (Å²) >= 11 is 6.11. The predicted octanol–water partition coefficient (Wildman–Crippen LogP) is 5.69. The van der Waals surface area contributed by atoms with E-state index >= 15 is 4.39 Å². The van der Waals surface area contributed by atoms with Crippen LogP contribution in [0.1, 0.15) is 43.8 Å². The van der Waals surface area contributed by atoms with Gasteiger partial charge in [0.15, 0.2) is 11.6 Å². The fraction of sp³-hybridized carbons (Fsp3) is 0.269. The number of hydrogen-bond acceptors (Lipinski definition) is 7. The van der Waals surface area contributed by atoms with Crippen LogP contribution >= 0.6 is 11.6 Å². The molecule has 3 aromatic heterocycles. The van der Waals surface area contributed by atoms with Gasteiger partial charge in [-0.05, 0) is 56.6 Å². The van der Waals surface area contributed by atoms with E-state index in [1.54, 1.807) is 39.2 Å². The normalized spacial score (nSPS) is 12.4. The quantitative estimate of drug-likeness (QED) is 0.220. The van der Waals surface area contributed by atoms with Crippen LogP contribution in [-0.2, 0) is 0 Å². The number of hydrazone groups is 1. The Morgan fingerprint density at radius 2 is 2.03 bits per heavy atom. The molecule has 4 aromatic rings. The Morgan fingerprint density at radius 3 is 2.64 bits per heavy atom.